The lowest BCUT2D eigenvalue weighted by molar-refractivity contribution is -0.116. The molecule has 0 spiro atoms. The Morgan fingerprint density at radius 2 is 2.15 bits per heavy atom. The van der Waals surface area contributed by atoms with Crippen LogP contribution in [0, 0.1) is 0 Å². The van der Waals surface area contributed by atoms with Crippen LogP contribution < -0.4 is 10.9 Å². The molecule has 0 fully saturated rings. The minimum atomic E-state index is -0.201. The maximum Gasteiger partial charge on any atom is 0.261 e. The molecule has 0 aliphatic carbocycles. The van der Waals surface area contributed by atoms with Crippen LogP contribution in [0.25, 0.3) is 10.9 Å². The molecule has 0 aliphatic heterocycles. The summed E-state index contributed by atoms with van der Waals surface area (Å²) in [5.41, 5.74) is 0.469. The summed E-state index contributed by atoms with van der Waals surface area (Å²) in [5, 5.41) is 12.8. The average Bonchev–Trinajstić information content (AvgIpc) is 3.09. The summed E-state index contributed by atoms with van der Waals surface area (Å²) < 4.78 is 2.26. The Kier molecular flexibility index (Phi) is 6.68. The molecular weight excluding hydrogens is 430 g/mol. The highest BCUT2D eigenvalue weighted by atomic mass is 79.9. The van der Waals surface area contributed by atoms with Crippen molar-refractivity contribution in [1.29, 1.82) is 0 Å². The lowest BCUT2D eigenvalue weighted by Gasteiger charge is -2.06. The lowest BCUT2D eigenvalue weighted by Crippen LogP contribution is -2.23. The molecule has 1 N–H and O–H groups in total. The molecule has 1 aromatic carbocycles. The number of unbranched alkanes of at least 4 members (excludes halogenated alkanes) is 2. The summed E-state index contributed by atoms with van der Waals surface area (Å²) in [6.07, 6.45) is 5.91. The fourth-order valence-electron chi connectivity index (χ4n) is 2.63. The molecule has 142 valence electrons. The van der Waals surface area contributed by atoms with Gasteiger partial charge in [0.1, 0.15) is 5.01 Å². The van der Waals surface area contributed by atoms with Gasteiger partial charge in [-0.2, -0.15) is 0 Å². The van der Waals surface area contributed by atoms with Crippen molar-refractivity contribution >= 4 is 49.2 Å². The fraction of sp³-hybridized carbons (Fsp3) is 0.389. The van der Waals surface area contributed by atoms with Crippen LogP contribution in [0.1, 0.15) is 37.6 Å². The number of hydrogen-bond donors (Lipinski definition) is 1. The first-order valence-corrected chi connectivity index (χ1v) is 10.4. The molecule has 0 aliphatic rings. The first-order valence-electron chi connectivity index (χ1n) is 8.83. The fourth-order valence-corrected chi connectivity index (χ4v) is 3.78. The standard InChI is InChI=1S/C18H20BrN5O2S/c1-2-3-4-5-16-22-23-18(27-16)21-15(25)8-9-24-11-20-14-7-6-12(19)10-13(14)17(24)26/h6-7,10-11H,2-5,8-9H2,1H3,(H,21,23,25). The zero-order valence-corrected chi connectivity index (χ0v) is 17.3. The van der Waals surface area contributed by atoms with Gasteiger partial charge in [-0.05, 0) is 24.6 Å². The van der Waals surface area contributed by atoms with Crippen LogP contribution in [0.3, 0.4) is 0 Å². The van der Waals surface area contributed by atoms with Crippen LogP contribution in [0.4, 0.5) is 5.13 Å². The molecule has 0 saturated heterocycles. The van der Waals surface area contributed by atoms with Crippen LogP contribution in [0.15, 0.2) is 33.8 Å². The van der Waals surface area contributed by atoms with Crippen molar-refractivity contribution in [3.63, 3.8) is 0 Å². The molecule has 7 nitrogen and oxygen atoms in total. The van der Waals surface area contributed by atoms with Crippen LogP contribution in [-0.4, -0.2) is 25.7 Å². The van der Waals surface area contributed by atoms with Gasteiger partial charge in [-0.25, -0.2) is 4.98 Å². The van der Waals surface area contributed by atoms with Crippen LogP contribution >= 0.6 is 27.3 Å². The predicted molar refractivity (Wildman–Crippen MR) is 110 cm³/mol. The van der Waals surface area contributed by atoms with E-state index < -0.39 is 0 Å². The molecule has 0 radical (unpaired) electrons. The molecule has 0 unspecified atom stereocenters. The number of carbonyl (C=O) groups excluding carboxylic acids is 1. The van der Waals surface area contributed by atoms with Crippen LogP contribution in [0.2, 0.25) is 0 Å². The Morgan fingerprint density at radius 1 is 1.30 bits per heavy atom. The van der Waals surface area contributed by atoms with Crippen molar-refractivity contribution in [1.82, 2.24) is 19.7 Å². The van der Waals surface area contributed by atoms with Gasteiger partial charge in [0.2, 0.25) is 11.0 Å². The number of carbonyl (C=O) groups is 1. The number of hydrogen-bond acceptors (Lipinski definition) is 6. The van der Waals surface area contributed by atoms with Gasteiger partial charge in [-0.15, -0.1) is 10.2 Å². The van der Waals surface area contributed by atoms with Gasteiger partial charge in [0.05, 0.1) is 17.2 Å². The normalized spacial score (nSPS) is 11.0. The Bertz CT molecular complexity index is 1000. The molecule has 9 heteroatoms. The summed E-state index contributed by atoms with van der Waals surface area (Å²) in [6, 6.07) is 5.36. The molecule has 0 atom stereocenters. The summed E-state index contributed by atoms with van der Waals surface area (Å²) in [4.78, 5) is 29.0. The molecule has 27 heavy (non-hydrogen) atoms. The highest BCUT2D eigenvalue weighted by Crippen LogP contribution is 2.18. The van der Waals surface area contributed by atoms with Crippen LogP contribution in [0.5, 0.6) is 0 Å². The van der Waals surface area contributed by atoms with Crippen molar-refractivity contribution in [2.45, 2.75) is 45.6 Å². The average molecular weight is 450 g/mol. The Morgan fingerprint density at radius 3 is 2.96 bits per heavy atom. The molecular formula is C18H20BrN5O2S. The molecule has 3 rings (SSSR count). The third kappa shape index (κ3) is 5.20. The van der Waals surface area contributed by atoms with Crippen molar-refractivity contribution < 1.29 is 4.79 Å². The SMILES string of the molecule is CCCCCc1nnc(NC(=O)CCn2cnc3ccc(Br)cc3c2=O)s1. The third-order valence-corrected chi connectivity index (χ3v) is 5.46. The van der Waals surface area contributed by atoms with Gasteiger partial charge in [0.25, 0.3) is 5.56 Å². The Hall–Kier alpha value is -2.13. The van der Waals surface area contributed by atoms with Gasteiger partial charge >= 0.3 is 0 Å². The summed E-state index contributed by atoms with van der Waals surface area (Å²) in [6.45, 7) is 2.41. The molecule has 3 aromatic rings. The zero-order chi connectivity index (χ0) is 19.2. The maximum absolute atomic E-state index is 12.5. The number of halogens is 1. The van der Waals surface area contributed by atoms with Gasteiger partial charge in [0, 0.05) is 23.9 Å². The number of aryl methyl sites for hydroxylation is 2. The van der Waals surface area contributed by atoms with Crippen molar-refractivity contribution in [2.24, 2.45) is 0 Å². The molecule has 0 bridgehead atoms. The van der Waals surface area contributed by atoms with E-state index >= 15 is 0 Å². The zero-order valence-electron chi connectivity index (χ0n) is 14.9. The van der Waals surface area contributed by atoms with E-state index in [0.29, 0.717) is 16.0 Å². The number of aromatic nitrogens is 4. The first-order chi connectivity index (χ1) is 13.1. The van der Waals surface area contributed by atoms with E-state index in [4.69, 9.17) is 0 Å². The van der Waals surface area contributed by atoms with E-state index in [0.717, 1.165) is 35.2 Å². The number of nitrogens with zero attached hydrogens (tertiary/aromatic N) is 4. The first kappa shape index (κ1) is 19.6. The van der Waals surface area contributed by atoms with E-state index in [9.17, 15) is 9.59 Å². The second-order valence-corrected chi connectivity index (χ2v) is 8.14. The lowest BCUT2D eigenvalue weighted by atomic mass is 10.2. The van der Waals surface area contributed by atoms with E-state index in [1.54, 1.807) is 12.1 Å². The Labute approximate surface area is 169 Å². The van der Waals surface area contributed by atoms with Crippen LogP contribution in [-0.2, 0) is 17.8 Å². The smallest absolute Gasteiger partial charge is 0.261 e. The molecule has 2 aromatic heterocycles. The largest absolute Gasteiger partial charge is 0.300 e. The summed E-state index contributed by atoms with van der Waals surface area (Å²) in [5.74, 6) is -0.201. The highest BCUT2D eigenvalue weighted by Gasteiger charge is 2.10. The maximum atomic E-state index is 12.5. The van der Waals surface area contributed by atoms with Gasteiger partial charge in [-0.3, -0.25) is 14.2 Å². The Balaban J connectivity index is 1.58. The number of anilines is 1. The third-order valence-electron chi connectivity index (χ3n) is 4.07. The second kappa shape index (κ2) is 9.18. The quantitative estimate of drug-likeness (QED) is 0.528. The minimum absolute atomic E-state index is 0.159. The monoisotopic (exact) mass is 449 g/mol. The van der Waals surface area contributed by atoms with Crippen molar-refractivity contribution in [3.8, 4) is 0 Å². The number of nitrogens with one attached hydrogen (secondary N) is 1. The molecule has 2 heterocycles. The van der Waals surface area contributed by atoms with E-state index in [1.807, 2.05) is 6.07 Å². The number of rotatable bonds is 8. The van der Waals surface area contributed by atoms with Crippen molar-refractivity contribution in [2.75, 3.05) is 5.32 Å². The van der Waals surface area contributed by atoms with Crippen molar-refractivity contribution in [3.05, 3.63) is 44.4 Å². The molecule has 1 amide bonds. The second-order valence-electron chi connectivity index (χ2n) is 6.16. The summed E-state index contributed by atoms with van der Waals surface area (Å²) in [7, 11) is 0. The highest BCUT2D eigenvalue weighted by molar-refractivity contribution is 9.10. The van der Waals surface area contributed by atoms with E-state index in [2.05, 4.69) is 43.4 Å². The van der Waals surface area contributed by atoms with E-state index in [1.165, 1.54) is 22.2 Å². The van der Waals surface area contributed by atoms with E-state index in [-0.39, 0.29) is 24.4 Å². The number of fused-ring (bicyclic) bond motifs is 1. The number of benzene rings is 1. The topological polar surface area (TPSA) is 89.8 Å². The van der Waals surface area contributed by atoms with Gasteiger partial charge in [0.15, 0.2) is 0 Å². The number of amides is 1. The minimum Gasteiger partial charge on any atom is -0.300 e. The predicted octanol–water partition coefficient (Wildman–Crippen LogP) is 3.77. The summed E-state index contributed by atoms with van der Waals surface area (Å²) >= 11 is 4.76. The van der Waals surface area contributed by atoms with Gasteiger partial charge in [-0.1, -0.05) is 47.0 Å². The van der Waals surface area contributed by atoms with Gasteiger partial charge < -0.3 is 5.32 Å². The molecule has 0 saturated carbocycles.